The minimum absolute atomic E-state index is 0.686. The summed E-state index contributed by atoms with van der Waals surface area (Å²) in [5, 5.41) is 2.16. The van der Waals surface area contributed by atoms with Crippen LogP contribution in [0.25, 0.3) is 0 Å². The molecule has 0 heterocycles. The molecule has 2 rings (SSSR count). The Kier molecular flexibility index (Phi) is 7.05. The molecule has 0 saturated carbocycles. The lowest BCUT2D eigenvalue weighted by Gasteiger charge is -2.03. The molecule has 1 nitrogen and oxygen atoms in total. The topological polar surface area (TPSA) is 9.23 Å². The summed E-state index contributed by atoms with van der Waals surface area (Å²) in [7, 11) is 0. The highest BCUT2D eigenvalue weighted by Crippen LogP contribution is 2.31. The van der Waals surface area contributed by atoms with Gasteiger partial charge in [0.25, 0.3) is 0 Å². The minimum Gasteiger partial charge on any atom is -0.501 e. The molecule has 0 unspecified atom stereocenters. The van der Waals surface area contributed by atoms with Crippen molar-refractivity contribution < 1.29 is 4.74 Å². The second kappa shape index (κ2) is 9.37. The summed E-state index contributed by atoms with van der Waals surface area (Å²) in [5.74, 6) is 0. The summed E-state index contributed by atoms with van der Waals surface area (Å²) in [6.07, 6.45) is 3.77. The van der Waals surface area contributed by atoms with Gasteiger partial charge in [0, 0.05) is 14.7 Å². The van der Waals surface area contributed by atoms with Gasteiger partial charge in [-0.2, -0.15) is 0 Å². The zero-order valence-electron chi connectivity index (χ0n) is 11.9. The maximum absolute atomic E-state index is 5.31. The molecule has 0 N–H and O–H groups in total. The first-order valence-electron chi connectivity index (χ1n) is 6.81. The lowest BCUT2D eigenvalue weighted by Crippen LogP contribution is -1.78. The Morgan fingerprint density at radius 1 is 0.952 bits per heavy atom. The van der Waals surface area contributed by atoms with Crippen LogP contribution in [0.5, 0.6) is 0 Å². The number of allylic oxidation sites excluding steroid dienone is 1. The molecule has 0 radical (unpaired) electrons. The Balaban J connectivity index is 2.07. The Morgan fingerprint density at radius 3 is 2.19 bits per heavy atom. The van der Waals surface area contributed by atoms with Crippen molar-refractivity contribution in [2.75, 3.05) is 6.61 Å². The molecule has 2 aromatic carbocycles. The third-order valence-corrected chi connectivity index (χ3v) is 4.59. The molecule has 3 heteroatoms. The first-order chi connectivity index (χ1) is 10.4. The van der Waals surface area contributed by atoms with Gasteiger partial charge in [0.1, 0.15) is 0 Å². The Morgan fingerprint density at radius 2 is 1.57 bits per heavy atom. The van der Waals surface area contributed by atoms with E-state index in [2.05, 4.69) is 53.9 Å². The standard InChI is InChI=1S/C18H18OS2/c1-2-19-14-13-18(21-17-11-7-4-8-12-17)15-20-16-9-5-3-6-10-16/h3-15H,2H2,1H3/b14-13+,18-15-. The van der Waals surface area contributed by atoms with Crippen molar-refractivity contribution >= 4 is 23.5 Å². The van der Waals surface area contributed by atoms with E-state index in [0.717, 1.165) is 4.91 Å². The van der Waals surface area contributed by atoms with Crippen LogP contribution in [0.4, 0.5) is 0 Å². The summed E-state index contributed by atoms with van der Waals surface area (Å²) in [4.78, 5) is 3.61. The minimum atomic E-state index is 0.686. The predicted octanol–water partition coefficient (Wildman–Crippen LogP) is 5.96. The van der Waals surface area contributed by atoms with Gasteiger partial charge in [-0.05, 0) is 42.7 Å². The van der Waals surface area contributed by atoms with Gasteiger partial charge in [-0.1, -0.05) is 59.9 Å². The average molecular weight is 314 g/mol. The Hall–Kier alpha value is -1.58. The van der Waals surface area contributed by atoms with E-state index in [4.69, 9.17) is 4.74 Å². The summed E-state index contributed by atoms with van der Waals surface area (Å²) in [6, 6.07) is 20.7. The first kappa shape index (κ1) is 15.8. The van der Waals surface area contributed by atoms with E-state index in [0.29, 0.717) is 6.61 Å². The van der Waals surface area contributed by atoms with Crippen molar-refractivity contribution in [3.05, 3.63) is 83.3 Å². The molecule has 0 amide bonds. The molecule has 0 saturated heterocycles. The van der Waals surface area contributed by atoms with Crippen molar-refractivity contribution in [2.45, 2.75) is 16.7 Å². The maximum Gasteiger partial charge on any atom is 0.0845 e. The summed E-state index contributed by atoms with van der Waals surface area (Å²) < 4.78 is 5.31. The maximum atomic E-state index is 5.31. The van der Waals surface area contributed by atoms with Crippen LogP contribution in [0, 0.1) is 0 Å². The second-order valence-electron chi connectivity index (χ2n) is 4.12. The van der Waals surface area contributed by atoms with Gasteiger partial charge in [0.15, 0.2) is 0 Å². The number of hydrogen-bond acceptors (Lipinski definition) is 3. The van der Waals surface area contributed by atoms with Gasteiger partial charge in [-0.3, -0.25) is 0 Å². The van der Waals surface area contributed by atoms with E-state index >= 15 is 0 Å². The van der Waals surface area contributed by atoms with E-state index in [1.165, 1.54) is 9.79 Å². The summed E-state index contributed by atoms with van der Waals surface area (Å²) in [5.41, 5.74) is 0. The number of hydrogen-bond donors (Lipinski definition) is 0. The van der Waals surface area contributed by atoms with Crippen LogP contribution in [-0.4, -0.2) is 6.61 Å². The van der Waals surface area contributed by atoms with Gasteiger partial charge in [0.05, 0.1) is 12.9 Å². The highest BCUT2D eigenvalue weighted by Gasteiger charge is 1.98. The molecule has 0 fully saturated rings. The highest BCUT2D eigenvalue weighted by molar-refractivity contribution is 8.06. The molecule has 21 heavy (non-hydrogen) atoms. The largest absolute Gasteiger partial charge is 0.501 e. The second-order valence-corrected chi connectivity index (χ2v) is 6.21. The monoisotopic (exact) mass is 314 g/mol. The van der Waals surface area contributed by atoms with Crippen LogP contribution in [0.3, 0.4) is 0 Å². The summed E-state index contributed by atoms with van der Waals surface area (Å²) in [6.45, 7) is 2.67. The van der Waals surface area contributed by atoms with Crippen LogP contribution in [-0.2, 0) is 4.74 Å². The number of thioether (sulfide) groups is 2. The fraction of sp³-hybridized carbons (Fsp3) is 0.111. The molecular weight excluding hydrogens is 296 g/mol. The predicted molar refractivity (Wildman–Crippen MR) is 93.4 cm³/mol. The zero-order valence-corrected chi connectivity index (χ0v) is 13.6. The van der Waals surface area contributed by atoms with Crippen molar-refractivity contribution in [3.8, 4) is 0 Å². The van der Waals surface area contributed by atoms with Crippen LogP contribution in [0.15, 0.2) is 93.1 Å². The SMILES string of the molecule is CCO/C=C/C(=C/Sc1ccccc1)Sc1ccccc1. The van der Waals surface area contributed by atoms with Crippen molar-refractivity contribution in [1.82, 2.24) is 0 Å². The first-order valence-corrected chi connectivity index (χ1v) is 8.51. The lowest BCUT2D eigenvalue weighted by atomic mass is 10.4. The molecule has 0 aromatic heterocycles. The van der Waals surface area contributed by atoms with Crippen molar-refractivity contribution in [2.24, 2.45) is 0 Å². The lowest BCUT2D eigenvalue weighted by molar-refractivity contribution is 0.269. The smallest absolute Gasteiger partial charge is 0.0845 e. The highest BCUT2D eigenvalue weighted by atomic mass is 32.2. The van der Waals surface area contributed by atoms with E-state index in [1.54, 1.807) is 29.8 Å². The van der Waals surface area contributed by atoms with E-state index in [1.807, 2.05) is 25.1 Å². The van der Waals surface area contributed by atoms with E-state index in [-0.39, 0.29) is 0 Å². The zero-order chi connectivity index (χ0) is 14.8. The van der Waals surface area contributed by atoms with Crippen molar-refractivity contribution in [3.63, 3.8) is 0 Å². The van der Waals surface area contributed by atoms with Crippen LogP contribution in [0.2, 0.25) is 0 Å². The fourth-order valence-corrected chi connectivity index (χ4v) is 3.23. The third kappa shape index (κ3) is 6.15. The molecule has 0 atom stereocenters. The number of ether oxygens (including phenoxy) is 1. The average Bonchev–Trinajstić information content (AvgIpc) is 2.54. The number of rotatable bonds is 7. The van der Waals surface area contributed by atoms with Crippen LogP contribution >= 0.6 is 23.5 Å². The third-order valence-electron chi connectivity index (χ3n) is 2.53. The quantitative estimate of drug-likeness (QED) is 0.354. The molecule has 0 aliphatic carbocycles. The van der Waals surface area contributed by atoms with Crippen molar-refractivity contribution in [1.29, 1.82) is 0 Å². The normalized spacial score (nSPS) is 11.8. The van der Waals surface area contributed by atoms with Gasteiger partial charge in [-0.15, -0.1) is 0 Å². The van der Waals surface area contributed by atoms with Crippen LogP contribution < -0.4 is 0 Å². The molecule has 108 valence electrons. The van der Waals surface area contributed by atoms with Gasteiger partial charge >= 0.3 is 0 Å². The van der Waals surface area contributed by atoms with E-state index in [9.17, 15) is 0 Å². The van der Waals surface area contributed by atoms with Gasteiger partial charge in [-0.25, -0.2) is 0 Å². The molecule has 2 aromatic rings. The molecular formula is C18H18OS2. The molecule has 0 spiro atoms. The van der Waals surface area contributed by atoms with Gasteiger partial charge in [0.2, 0.25) is 0 Å². The Bertz CT molecular complexity index is 577. The molecule has 0 aliphatic rings. The Labute approximate surface area is 135 Å². The molecule has 0 aliphatic heterocycles. The van der Waals surface area contributed by atoms with Gasteiger partial charge < -0.3 is 4.74 Å². The fourth-order valence-electron chi connectivity index (χ4n) is 1.56. The van der Waals surface area contributed by atoms with Crippen LogP contribution in [0.1, 0.15) is 6.92 Å². The summed E-state index contributed by atoms with van der Waals surface area (Å²) >= 11 is 3.45. The number of benzene rings is 2. The van der Waals surface area contributed by atoms with E-state index < -0.39 is 0 Å². The molecule has 0 bridgehead atoms.